The van der Waals surface area contributed by atoms with Crippen LogP contribution in [-0.2, 0) is 34.3 Å². The van der Waals surface area contributed by atoms with Gasteiger partial charge in [0.1, 0.15) is 34.4 Å². The maximum Gasteiger partial charge on any atom is 0.393 e. The minimum absolute atomic E-state index is 0.0870. The largest absolute Gasteiger partial charge is 0.393 e. The molecular weight excluding hydrogens is 692 g/mol. The first-order chi connectivity index (χ1) is 23.6. The summed E-state index contributed by atoms with van der Waals surface area (Å²) in [5.74, 6) is -0.265. The number of nitrogens with zero attached hydrogens (tertiary/aromatic N) is 7. The van der Waals surface area contributed by atoms with Gasteiger partial charge in [-0.3, -0.25) is 14.0 Å². The minimum atomic E-state index is -4.28. The van der Waals surface area contributed by atoms with Crippen LogP contribution in [0, 0.1) is 18.3 Å². The van der Waals surface area contributed by atoms with Crippen molar-refractivity contribution in [2.24, 2.45) is 5.73 Å². The number of thiophene rings is 1. The van der Waals surface area contributed by atoms with Crippen LogP contribution in [0.3, 0.4) is 0 Å². The molecule has 0 saturated carbocycles. The van der Waals surface area contributed by atoms with Crippen LogP contribution in [0.5, 0.6) is 0 Å². The maximum absolute atomic E-state index is 13.0. The maximum atomic E-state index is 13.0. The Kier molecular flexibility index (Phi) is 9.72. The molecule has 3 N–H and O–H groups in total. The van der Waals surface area contributed by atoms with Crippen molar-refractivity contribution < 1.29 is 26.4 Å². The van der Waals surface area contributed by atoms with Gasteiger partial charge in [-0.2, -0.15) is 18.4 Å². The lowest BCUT2D eigenvalue weighted by Gasteiger charge is -2.37. The van der Waals surface area contributed by atoms with Gasteiger partial charge in [0.15, 0.2) is 0 Å². The number of hydrogen-bond donors (Lipinski definition) is 2. The smallest absolute Gasteiger partial charge is 0.369 e. The Balaban J connectivity index is 1.12. The number of carbonyl (C=O) groups excluding carboxylic acids is 1. The first-order valence-corrected chi connectivity index (χ1v) is 18.8. The van der Waals surface area contributed by atoms with E-state index in [1.54, 1.807) is 0 Å². The van der Waals surface area contributed by atoms with Gasteiger partial charge in [-0.1, -0.05) is 6.07 Å². The molecule has 4 aromatic rings. The lowest BCUT2D eigenvalue weighted by atomic mass is 10.0. The molecule has 266 valence electrons. The highest BCUT2D eigenvalue weighted by atomic mass is 32.2. The number of nitrogens with two attached hydrogens (primary N) is 1. The molecule has 1 atom stereocenters. The molecule has 1 aromatic carbocycles. The molecule has 6 rings (SSSR count). The van der Waals surface area contributed by atoms with Crippen molar-refractivity contribution in [3.8, 4) is 6.07 Å². The fourth-order valence-electron chi connectivity index (χ4n) is 6.82. The number of aromatic nitrogens is 3. The number of benzene rings is 1. The highest BCUT2D eigenvalue weighted by Gasteiger charge is 2.31. The van der Waals surface area contributed by atoms with Crippen molar-refractivity contribution in [1.82, 2.24) is 28.6 Å². The average molecular weight is 730 g/mol. The van der Waals surface area contributed by atoms with Gasteiger partial charge in [-0.25, -0.2) is 18.4 Å². The second-order valence-corrected chi connectivity index (χ2v) is 16.0. The van der Waals surface area contributed by atoms with Crippen molar-refractivity contribution in [3.05, 3.63) is 64.2 Å². The number of anilines is 1. The number of nitrogens with one attached hydrogen (secondary N) is 1. The summed E-state index contributed by atoms with van der Waals surface area (Å²) in [7, 11) is -3.66. The number of aryl methyl sites for hydroxylation is 1. The van der Waals surface area contributed by atoms with E-state index in [1.807, 2.05) is 28.5 Å². The fourth-order valence-corrected chi connectivity index (χ4v) is 8.75. The number of primary amides is 1. The minimum Gasteiger partial charge on any atom is -0.369 e. The topological polar surface area (TPSA) is 153 Å². The molecule has 0 aliphatic carbocycles. The molecule has 2 aliphatic heterocycles. The zero-order chi connectivity index (χ0) is 36.0. The summed E-state index contributed by atoms with van der Waals surface area (Å²) in [5.41, 5.74) is 9.07. The number of amides is 1. The number of fused-ring (bicyclic) bond motifs is 2. The van der Waals surface area contributed by atoms with E-state index >= 15 is 0 Å². The zero-order valence-electron chi connectivity index (χ0n) is 27.9. The van der Waals surface area contributed by atoms with Crippen molar-refractivity contribution in [2.45, 2.75) is 64.5 Å². The predicted octanol–water partition coefficient (Wildman–Crippen LogP) is 4.30. The molecule has 0 radical (unpaired) electrons. The van der Waals surface area contributed by atoms with Gasteiger partial charge in [0.25, 0.3) is 5.91 Å². The summed E-state index contributed by atoms with van der Waals surface area (Å²) in [6, 6.07) is 9.81. The van der Waals surface area contributed by atoms with Gasteiger partial charge >= 0.3 is 6.18 Å². The van der Waals surface area contributed by atoms with Crippen LogP contribution < -0.4 is 11.1 Å². The van der Waals surface area contributed by atoms with Crippen LogP contribution in [0.25, 0.3) is 21.1 Å². The van der Waals surface area contributed by atoms with E-state index in [4.69, 9.17) is 5.73 Å². The highest BCUT2D eigenvalue weighted by molar-refractivity contribution is 7.88. The second-order valence-electron chi connectivity index (χ2n) is 13.0. The third kappa shape index (κ3) is 7.52. The molecule has 2 aliphatic rings. The van der Waals surface area contributed by atoms with Crippen molar-refractivity contribution in [2.75, 3.05) is 37.8 Å². The van der Waals surface area contributed by atoms with Crippen LogP contribution >= 0.6 is 11.3 Å². The van der Waals surface area contributed by atoms with Crippen LogP contribution in [0.1, 0.15) is 41.5 Å². The van der Waals surface area contributed by atoms with Gasteiger partial charge in [0, 0.05) is 66.8 Å². The van der Waals surface area contributed by atoms with Crippen LogP contribution in [0.4, 0.5) is 19.0 Å². The van der Waals surface area contributed by atoms with Crippen molar-refractivity contribution in [1.29, 1.82) is 5.26 Å². The third-order valence-electron chi connectivity index (χ3n) is 9.44. The normalized spacial score (nSPS) is 17.3. The van der Waals surface area contributed by atoms with Gasteiger partial charge in [0.05, 0.1) is 24.6 Å². The molecule has 1 saturated heterocycles. The summed E-state index contributed by atoms with van der Waals surface area (Å²) in [4.78, 5) is 25.6. The first-order valence-electron chi connectivity index (χ1n) is 16.2. The summed E-state index contributed by atoms with van der Waals surface area (Å²) in [5, 5.41) is 15.1. The van der Waals surface area contributed by atoms with Gasteiger partial charge < -0.3 is 20.5 Å². The van der Waals surface area contributed by atoms with Crippen molar-refractivity contribution in [3.63, 3.8) is 0 Å². The Morgan fingerprint density at radius 2 is 1.90 bits per heavy atom. The predicted molar refractivity (Wildman–Crippen MR) is 185 cm³/mol. The number of alkyl halides is 3. The Labute approximate surface area is 292 Å². The number of likely N-dealkylation sites (tertiary alicyclic amines) is 1. The van der Waals surface area contributed by atoms with Gasteiger partial charge in [0.2, 0.25) is 10.0 Å². The first kappa shape index (κ1) is 35.4. The van der Waals surface area contributed by atoms with Crippen LogP contribution in [0.2, 0.25) is 0 Å². The Hall–Kier alpha value is -4.40. The molecule has 0 bridgehead atoms. The van der Waals surface area contributed by atoms with E-state index in [1.165, 1.54) is 18.6 Å². The number of hydrogen-bond acceptors (Lipinski definition) is 10. The molecule has 17 heteroatoms. The SMILES string of the molecule is Cc1c(CN2CCC(Nc3ncnc4sc(CC(F)(F)F)cc34)CC2)ccc2c1cc(C#N)n2C[C@H](C)N1C=C(C(N)=O)N(S(C)(=O)=O)CC1. The lowest BCUT2D eigenvalue weighted by Crippen LogP contribution is -2.47. The number of sulfonamides is 1. The molecule has 3 aromatic heterocycles. The summed E-state index contributed by atoms with van der Waals surface area (Å²) < 4.78 is 66.2. The molecule has 1 amide bonds. The second kappa shape index (κ2) is 13.7. The number of piperidine rings is 1. The number of rotatable bonds is 10. The van der Waals surface area contributed by atoms with Gasteiger partial charge in [-0.15, -0.1) is 11.3 Å². The molecule has 0 spiro atoms. The monoisotopic (exact) mass is 729 g/mol. The number of nitriles is 1. The van der Waals surface area contributed by atoms with E-state index in [2.05, 4.69) is 39.2 Å². The highest BCUT2D eigenvalue weighted by Crippen LogP contribution is 2.34. The molecule has 50 heavy (non-hydrogen) atoms. The summed E-state index contributed by atoms with van der Waals surface area (Å²) >= 11 is 1.04. The quantitative estimate of drug-likeness (QED) is 0.243. The van der Waals surface area contributed by atoms with E-state index < -0.39 is 28.5 Å². The molecule has 1 fully saturated rings. The fraction of sp³-hybridized carbons (Fsp3) is 0.455. The molecular formula is C33H38F3N9O3S2. The summed E-state index contributed by atoms with van der Waals surface area (Å²) in [6.07, 6.45) is 0.321. The number of halogens is 3. The summed E-state index contributed by atoms with van der Waals surface area (Å²) in [6.45, 7) is 7.27. The third-order valence-corrected chi connectivity index (χ3v) is 11.7. The standard InChI is InChI=1S/C33H38F3N9O3S2/c1-20(43-10-11-45(50(3,47)48)29(18-43)30(38)46)16-44-24(15-37)12-26-21(2)22(4-5-28(26)44)17-42-8-6-23(7-9-42)41-31-27-13-25(14-33(34,35)36)49-32(27)40-19-39-31/h4-5,12-13,18-20,23H,6-11,14,16-17H2,1-3H3,(H2,38,46)(H,39,40,41)/t20-/m0/s1. The Morgan fingerprint density at radius 1 is 1.16 bits per heavy atom. The number of carbonyl (C=O) groups is 1. The molecule has 5 heterocycles. The average Bonchev–Trinajstić information content (AvgIpc) is 3.63. The van der Waals surface area contributed by atoms with E-state index in [9.17, 15) is 31.6 Å². The molecule has 0 unspecified atom stereocenters. The van der Waals surface area contributed by atoms with Gasteiger partial charge in [-0.05, 0) is 56.0 Å². The van der Waals surface area contributed by atoms with E-state index in [0.29, 0.717) is 34.8 Å². The zero-order valence-corrected chi connectivity index (χ0v) is 29.5. The molecule has 12 nitrogen and oxygen atoms in total. The van der Waals surface area contributed by atoms with E-state index in [0.717, 1.165) is 76.4 Å². The van der Waals surface area contributed by atoms with Crippen LogP contribution in [0.15, 0.2) is 42.5 Å². The van der Waals surface area contributed by atoms with Crippen LogP contribution in [-0.4, -0.2) is 93.7 Å². The van der Waals surface area contributed by atoms with E-state index in [-0.39, 0.29) is 29.2 Å². The lowest BCUT2D eigenvalue weighted by molar-refractivity contribution is -0.126. The van der Waals surface area contributed by atoms with Crippen molar-refractivity contribution >= 4 is 54.2 Å². The Bertz CT molecular complexity index is 2110. The Morgan fingerprint density at radius 3 is 2.56 bits per heavy atom.